The Bertz CT molecular complexity index is 709. The molecule has 2 aliphatic heterocycles. The van der Waals surface area contributed by atoms with Crippen LogP contribution >= 0.6 is 0 Å². The van der Waals surface area contributed by atoms with Crippen molar-refractivity contribution in [3.05, 3.63) is 29.8 Å². The minimum atomic E-state index is -0.250. The molecule has 158 valence electrons. The summed E-state index contributed by atoms with van der Waals surface area (Å²) in [7, 11) is 0. The number of hydrogen-bond donors (Lipinski definition) is 2. The molecule has 1 saturated carbocycles. The summed E-state index contributed by atoms with van der Waals surface area (Å²) < 4.78 is 5.43. The van der Waals surface area contributed by atoms with E-state index in [9.17, 15) is 9.59 Å². The molecule has 2 amide bonds. The second-order valence-electron chi connectivity index (χ2n) is 8.62. The van der Waals surface area contributed by atoms with Crippen LogP contribution in [0.25, 0.3) is 0 Å². The lowest BCUT2D eigenvalue weighted by Crippen LogP contribution is -2.40. The Balaban J connectivity index is 1.12. The summed E-state index contributed by atoms with van der Waals surface area (Å²) in [5.74, 6) is 0.821. The first-order chi connectivity index (χ1) is 14.2. The van der Waals surface area contributed by atoms with Gasteiger partial charge in [-0.05, 0) is 62.5 Å². The number of carbonyl (C=O) groups is 2. The van der Waals surface area contributed by atoms with Gasteiger partial charge in [0.15, 0.2) is 0 Å². The van der Waals surface area contributed by atoms with Crippen LogP contribution in [0.2, 0.25) is 0 Å². The Labute approximate surface area is 173 Å². The number of anilines is 1. The van der Waals surface area contributed by atoms with Crippen molar-refractivity contribution in [3.8, 4) is 0 Å². The number of amides is 2. The van der Waals surface area contributed by atoms with Gasteiger partial charge in [0.2, 0.25) is 11.8 Å². The third-order valence-electron chi connectivity index (χ3n) is 6.67. The van der Waals surface area contributed by atoms with Gasteiger partial charge in [0.25, 0.3) is 0 Å². The van der Waals surface area contributed by atoms with Crippen LogP contribution in [0.1, 0.15) is 44.1 Å². The fourth-order valence-electron chi connectivity index (χ4n) is 4.87. The minimum absolute atomic E-state index is 0.0332. The van der Waals surface area contributed by atoms with E-state index in [4.69, 9.17) is 4.74 Å². The maximum absolute atomic E-state index is 12.5. The van der Waals surface area contributed by atoms with Crippen LogP contribution < -0.4 is 15.5 Å². The fraction of sp³-hybridized carbons (Fsp3) is 0.652. The number of rotatable bonds is 7. The van der Waals surface area contributed by atoms with E-state index >= 15 is 0 Å². The summed E-state index contributed by atoms with van der Waals surface area (Å²) in [4.78, 5) is 27.0. The number of carbonyl (C=O) groups excluding carboxylic acids is 2. The van der Waals surface area contributed by atoms with Crippen molar-refractivity contribution >= 4 is 17.5 Å². The smallest absolute Gasteiger partial charge is 0.249 e. The third kappa shape index (κ3) is 5.10. The second kappa shape index (κ2) is 9.61. The van der Waals surface area contributed by atoms with Crippen LogP contribution in [0.5, 0.6) is 0 Å². The van der Waals surface area contributed by atoms with Gasteiger partial charge in [0, 0.05) is 44.4 Å². The van der Waals surface area contributed by atoms with Gasteiger partial charge in [-0.3, -0.25) is 9.59 Å². The number of nitrogens with zero attached hydrogens (tertiary/aromatic N) is 1. The minimum Gasteiger partial charge on any atom is -0.369 e. The second-order valence-corrected chi connectivity index (χ2v) is 8.62. The molecule has 1 aromatic carbocycles. The van der Waals surface area contributed by atoms with Crippen LogP contribution in [0.4, 0.5) is 5.69 Å². The first kappa shape index (κ1) is 20.2. The summed E-state index contributed by atoms with van der Waals surface area (Å²) in [6.45, 7) is 4.01. The number of fused-ring (bicyclic) bond motifs is 1. The molecule has 1 saturated heterocycles. The van der Waals surface area contributed by atoms with Crippen LogP contribution in [0.3, 0.4) is 0 Å². The molecule has 0 unspecified atom stereocenters. The molecule has 1 aliphatic carbocycles. The van der Waals surface area contributed by atoms with Crippen LogP contribution in [-0.2, 0) is 20.7 Å². The summed E-state index contributed by atoms with van der Waals surface area (Å²) in [5.41, 5.74) is 2.72. The average molecular weight is 400 g/mol. The van der Waals surface area contributed by atoms with E-state index in [2.05, 4.69) is 39.8 Å². The summed E-state index contributed by atoms with van der Waals surface area (Å²) in [6, 6.07) is 8.53. The maximum Gasteiger partial charge on any atom is 0.249 e. The van der Waals surface area contributed by atoms with Gasteiger partial charge in [-0.15, -0.1) is 0 Å². The lowest BCUT2D eigenvalue weighted by atomic mass is 9.81. The molecule has 0 bridgehead atoms. The lowest BCUT2D eigenvalue weighted by Gasteiger charge is -2.28. The van der Waals surface area contributed by atoms with Crippen molar-refractivity contribution in [2.24, 2.45) is 11.8 Å². The average Bonchev–Trinajstić information content (AvgIpc) is 3.43. The molecule has 1 aromatic rings. The maximum atomic E-state index is 12.5. The largest absolute Gasteiger partial charge is 0.369 e. The van der Waals surface area contributed by atoms with E-state index in [0.717, 1.165) is 58.0 Å². The monoisotopic (exact) mass is 399 g/mol. The molecule has 4 rings (SSSR count). The SMILES string of the molecule is O=C(NCCN1CCc2ccccc21)C1CCC(CNC(=O)[C@H]2CCCO2)CC1. The van der Waals surface area contributed by atoms with Crippen molar-refractivity contribution in [2.45, 2.75) is 51.0 Å². The topological polar surface area (TPSA) is 70.7 Å². The first-order valence-electron chi connectivity index (χ1n) is 11.2. The predicted octanol–water partition coefficient (Wildman–Crippen LogP) is 2.27. The fourth-order valence-corrected chi connectivity index (χ4v) is 4.87. The van der Waals surface area contributed by atoms with Gasteiger partial charge in [-0.2, -0.15) is 0 Å². The Kier molecular flexibility index (Phi) is 6.70. The molecule has 2 fully saturated rings. The quantitative estimate of drug-likeness (QED) is 0.738. The standard InChI is InChI=1S/C23H33N3O3/c27-22(24-12-14-26-13-11-18-4-1-2-5-20(18)26)19-9-7-17(8-10-19)16-25-23(28)21-6-3-15-29-21/h1-2,4-5,17,19,21H,3,6-16H2,(H,24,27)(H,25,28)/t17?,19?,21-/m1/s1. The normalized spacial score (nSPS) is 26.2. The third-order valence-corrected chi connectivity index (χ3v) is 6.67. The molecule has 2 N–H and O–H groups in total. The van der Waals surface area contributed by atoms with Crippen LogP contribution in [0, 0.1) is 11.8 Å². The zero-order valence-corrected chi connectivity index (χ0v) is 17.2. The molecule has 3 aliphatic rings. The van der Waals surface area contributed by atoms with E-state index < -0.39 is 0 Å². The molecule has 6 heteroatoms. The molecule has 0 aromatic heterocycles. The zero-order valence-electron chi connectivity index (χ0n) is 17.2. The summed E-state index contributed by atoms with van der Waals surface area (Å²) >= 11 is 0. The summed E-state index contributed by atoms with van der Waals surface area (Å²) in [5, 5.41) is 6.19. The van der Waals surface area contributed by atoms with Crippen molar-refractivity contribution in [3.63, 3.8) is 0 Å². The number of hydrogen-bond acceptors (Lipinski definition) is 4. The van der Waals surface area contributed by atoms with E-state index in [1.807, 2.05) is 0 Å². The highest BCUT2D eigenvalue weighted by atomic mass is 16.5. The molecular weight excluding hydrogens is 366 g/mol. The molecule has 1 atom stereocenters. The number of benzene rings is 1. The highest BCUT2D eigenvalue weighted by Gasteiger charge is 2.28. The van der Waals surface area contributed by atoms with Crippen molar-refractivity contribution in [1.82, 2.24) is 10.6 Å². The van der Waals surface area contributed by atoms with E-state index in [-0.39, 0.29) is 23.8 Å². The van der Waals surface area contributed by atoms with Gasteiger partial charge in [-0.25, -0.2) is 0 Å². The molecule has 29 heavy (non-hydrogen) atoms. The van der Waals surface area contributed by atoms with Crippen LogP contribution in [-0.4, -0.2) is 50.7 Å². The van der Waals surface area contributed by atoms with Crippen molar-refractivity contribution in [1.29, 1.82) is 0 Å². The van der Waals surface area contributed by atoms with Gasteiger partial charge >= 0.3 is 0 Å². The Hall–Kier alpha value is -2.08. The molecule has 0 spiro atoms. The highest BCUT2D eigenvalue weighted by Crippen LogP contribution is 2.29. The molecule has 2 heterocycles. The molecule has 0 radical (unpaired) electrons. The van der Waals surface area contributed by atoms with E-state index in [0.29, 0.717) is 25.6 Å². The first-order valence-corrected chi connectivity index (χ1v) is 11.2. The summed E-state index contributed by atoms with van der Waals surface area (Å²) in [6.07, 6.45) is 6.49. The Morgan fingerprint density at radius 3 is 2.66 bits per heavy atom. The van der Waals surface area contributed by atoms with E-state index in [1.165, 1.54) is 11.3 Å². The van der Waals surface area contributed by atoms with E-state index in [1.54, 1.807) is 0 Å². The number of nitrogens with one attached hydrogen (secondary N) is 2. The van der Waals surface area contributed by atoms with Crippen LogP contribution in [0.15, 0.2) is 24.3 Å². The predicted molar refractivity (Wildman–Crippen MR) is 113 cm³/mol. The van der Waals surface area contributed by atoms with Crippen molar-refractivity contribution < 1.29 is 14.3 Å². The van der Waals surface area contributed by atoms with Gasteiger partial charge in [-0.1, -0.05) is 18.2 Å². The molecular formula is C23H33N3O3. The van der Waals surface area contributed by atoms with Crippen molar-refractivity contribution in [2.75, 3.05) is 37.7 Å². The number of para-hydroxylation sites is 1. The lowest BCUT2D eigenvalue weighted by molar-refractivity contribution is -0.130. The number of ether oxygens (including phenoxy) is 1. The Morgan fingerprint density at radius 2 is 1.86 bits per heavy atom. The highest BCUT2D eigenvalue weighted by molar-refractivity contribution is 5.81. The van der Waals surface area contributed by atoms with Gasteiger partial charge in [0.05, 0.1) is 0 Å². The van der Waals surface area contributed by atoms with Gasteiger partial charge in [0.1, 0.15) is 6.10 Å². The zero-order chi connectivity index (χ0) is 20.1. The van der Waals surface area contributed by atoms with Gasteiger partial charge < -0.3 is 20.3 Å². The molecule has 6 nitrogen and oxygen atoms in total. The Morgan fingerprint density at radius 1 is 1.03 bits per heavy atom.